The molecule has 8 nitrogen and oxygen atoms in total. The van der Waals surface area contributed by atoms with Gasteiger partial charge in [-0.1, -0.05) is 30.3 Å². The molecule has 1 unspecified atom stereocenters. The third-order valence-electron chi connectivity index (χ3n) is 4.85. The van der Waals surface area contributed by atoms with Gasteiger partial charge in [0.05, 0.1) is 5.69 Å². The summed E-state index contributed by atoms with van der Waals surface area (Å²) in [5, 5.41) is 9.54. The van der Waals surface area contributed by atoms with Gasteiger partial charge in [-0.25, -0.2) is 9.48 Å². The lowest BCUT2D eigenvalue weighted by molar-refractivity contribution is -0.133. The quantitative estimate of drug-likeness (QED) is 0.655. The number of carbonyl (C=O) groups is 3. The Kier molecular flexibility index (Phi) is 4.59. The molecule has 2 N–H and O–H groups in total. The molecule has 29 heavy (non-hydrogen) atoms. The van der Waals surface area contributed by atoms with Crippen LogP contribution >= 0.6 is 0 Å². The van der Waals surface area contributed by atoms with Gasteiger partial charge in [0.2, 0.25) is 5.91 Å². The van der Waals surface area contributed by atoms with Crippen molar-refractivity contribution < 1.29 is 14.4 Å². The summed E-state index contributed by atoms with van der Waals surface area (Å²) in [7, 11) is 0. The van der Waals surface area contributed by atoms with Gasteiger partial charge in [-0.2, -0.15) is 5.10 Å². The maximum atomic E-state index is 12.9. The molecule has 4 amide bonds. The van der Waals surface area contributed by atoms with Crippen LogP contribution in [0.3, 0.4) is 0 Å². The minimum atomic E-state index is -1.19. The predicted octanol–water partition coefficient (Wildman–Crippen LogP) is 2.28. The third kappa shape index (κ3) is 3.47. The van der Waals surface area contributed by atoms with Crippen molar-refractivity contribution in [2.45, 2.75) is 12.5 Å². The van der Waals surface area contributed by atoms with Crippen LogP contribution in [-0.4, -0.2) is 39.1 Å². The van der Waals surface area contributed by atoms with Crippen LogP contribution in [-0.2, 0) is 15.1 Å². The zero-order valence-electron chi connectivity index (χ0n) is 15.7. The molecular weight excluding hydrogens is 370 g/mol. The SMILES string of the molecule is CC1(c2ccccc2)NC(=O)N(CC(=O)Nc2ccc(-n3cccn3)cc2)C1=O. The molecule has 3 aromatic rings. The van der Waals surface area contributed by atoms with Crippen LogP contribution in [0.5, 0.6) is 0 Å². The van der Waals surface area contributed by atoms with Crippen LogP contribution in [0.25, 0.3) is 5.69 Å². The highest BCUT2D eigenvalue weighted by Crippen LogP contribution is 2.28. The minimum Gasteiger partial charge on any atom is -0.325 e. The largest absolute Gasteiger partial charge is 0.325 e. The van der Waals surface area contributed by atoms with Crippen molar-refractivity contribution in [3.63, 3.8) is 0 Å². The molecule has 8 heteroatoms. The topological polar surface area (TPSA) is 96.3 Å². The van der Waals surface area contributed by atoms with E-state index in [1.54, 1.807) is 54.2 Å². The molecule has 0 saturated carbocycles. The average Bonchev–Trinajstić information content (AvgIpc) is 3.33. The summed E-state index contributed by atoms with van der Waals surface area (Å²) in [6, 6.07) is 17.3. The van der Waals surface area contributed by atoms with Crippen LogP contribution in [0.2, 0.25) is 0 Å². The van der Waals surface area contributed by atoms with Gasteiger partial charge in [-0.3, -0.25) is 14.5 Å². The molecule has 0 aliphatic carbocycles. The van der Waals surface area contributed by atoms with Gasteiger partial charge in [0, 0.05) is 18.1 Å². The monoisotopic (exact) mass is 389 g/mol. The number of nitrogens with one attached hydrogen (secondary N) is 2. The maximum absolute atomic E-state index is 12.9. The summed E-state index contributed by atoms with van der Waals surface area (Å²) in [6.45, 7) is 1.27. The van der Waals surface area contributed by atoms with Crippen LogP contribution in [0, 0.1) is 0 Å². The summed E-state index contributed by atoms with van der Waals surface area (Å²) >= 11 is 0. The number of nitrogens with zero attached hydrogens (tertiary/aromatic N) is 3. The van der Waals surface area contributed by atoms with E-state index in [-0.39, 0.29) is 6.54 Å². The zero-order valence-corrected chi connectivity index (χ0v) is 15.7. The first-order valence-corrected chi connectivity index (χ1v) is 9.07. The summed E-state index contributed by atoms with van der Waals surface area (Å²) in [6.07, 6.45) is 3.49. The first-order chi connectivity index (χ1) is 14.0. The fraction of sp³-hybridized carbons (Fsp3) is 0.143. The van der Waals surface area contributed by atoms with E-state index in [2.05, 4.69) is 15.7 Å². The Labute approximate surface area is 167 Å². The second-order valence-electron chi connectivity index (χ2n) is 6.86. The minimum absolute atomic E-state index is 0.367. The lowest BCUT2D eigenvalue weighted by Crippen LogP contribution is -2.42. The number of aromatic nitrogens is 2. The van der Waals surface area contributed by atoms with E-state index in [0.29, 0.717) is 11.3 Å². The molecule has 2 aromatic carbocycles. The average molecular weight is 389 g/mol. The summed E-state index contributed by atoms with van der Waals surface area (Å²) in [4.78, 5) is 38.5. The lowest BCUT2D eigenvalue weighted by atomic mass is 9.92. The molecule has 2 heterocycles. The number of carbonyl (C=O) groups excluding carboxylic acids is 3. The highest BCUT2D eigenvalue weighted by atomic mass is 16.2. The smallest absolute Gasteiger partial charge is 0.325 e. The Hall–Kier alpha value is -3.94. The van der Waals surface area contributed by atoms with Crippen molar-refractivity contribution in [3.05, 3.63) is 78.6 Å². The van der Waals surface area contributed by atoms with Crippen LogP contribution in [0.4, 0.5) is 10.5 Å². The number of amides is 4. The van der Waals surface area contributed by atoms with Gasteiger partial charge < -0.3 is 10.6 Å². The second-order valence-corrected chi connectivity index (χ2v) is 6.86. The van der Waals surface area contributed by atoms with Crippen LogP contribution in [0.15, 0.2) is 73.1 Å². The number of hydrogen-bond donors (Lipinski definition) is 2. The maximum Gasteiger partial charge on any atom is 0.325 e. The first-order valence-electron chi connectivity index (χ1n) is 9.07. The third-order valence-corrected chi connectivity index (χ3v) is 4.85. The Morgan fingerprint density at radius 1 is 1.07 bits per heavy atom. The molecule has 0 bridgehead atoms. The number of rotatable bonds is 5. The fourth-order valence-corrected chi connectivity index (χ4v) is 3.27. The van der Waals surface area contributed by atoms with Crippen LogP contribution < -0.4 is 10.6 Å². The van der Waals surface area contributed by atoms with Crippen molar-refractivity contribution in [1.82, 2.24) is 20.0 Å². The number of urea groups is 1. The molecule has 4 rings (SSSR count). The van der Waals surface area contributed by atoms with Crippen molar-refractivity contribution in [3.8, 4) is 5.69 Å². The van der Waals surface area contributed by atoms with E-state index >= 15 is 0 Å². The van der Waals surface area contributed by atoms with Crippen LogP contribution in [0.1, 0.15) is 12.5 Å². The molecule has 146 valence electrons. The molecule has 1 fully saturated rings. The normalized spacial score (nSPS) is 18.6. The van der Waals surface area contributed by atoms with Gasteiger partial charge >= 0.3 is 6.03 Å². The lowest BCUT2D eigenvalue weighted by Gasteiger charge is -2.22. The number of benzene rings is 2. The van der Waals surface area contributed by atoms with E-state index in [1.165, 1.54) is 0 Å². The van der Waals surface area contributed by atoms with Crippen molar-refractivity contribution in [2.24, 2.45) is 0 Å². The fourth-order valence-electron chi connectivity index (χ4n) is 3.27. The Morgan fingerprint density at radius 3 is 2.45 bits per heavy atom. The highest BCUT2D eigenvalue weighted by molar-refractivity contribution is 6.10. The summed E-state index contributed by atoms with van der Waals surface area (Å²) in [5.41, 5.74) is 0.879. The van der Waals surface area contributed by atoms with Gasteiger partial charge in [-0.05, 0) is 42.8 Å². The van der Waals surface area contributed by atoms with Gasteiger partial charge in [0.15, 0.2) is 0 Å². The van der Waals surface area contributed by atoms with Crippen molar-refractivity contribution >= 4 is 23.5 Å². The van der Waals surface area contributed by atoms with Gasteiger partial charge in [-0.15, -0.1) is 0 Å². The van der Waals surface area contributed by atoms with E-state index in [4.69, 9.17) is 0 Å². The summed E-state index contributed by atoms with van der Waals surface area (Å²) < 4.78 is 1.70. The van der Waals surface area contributed by atoms with Gasteiger partial charge in [0.1, 0.15) is 12.1 Å². The number of imide groups is 1. The molecule has 1 aliphatic rings. The molecule has 0 radical (unpaired) electrons. The van der Waals surface area contributed by atoms with E-state index in [9.17, 15) is 14.4 Å². The number of hydrogen-bond acceptors (Lipinski definition) is 4. The molecule has 1 atom stereocenters. The molecule has 1 saturated heterocycles. The number of anilines is 1. The van der Waals surface area contributed by atoms with Crippen molar-refractivity contribution in [1.29, 1.82) is 0 Å². The predicted molar refractivity (Wildman–Crippen MR) is 106 cm³/mol. The molecule has 1 aromatic heterocycles. The van der Waals surface area contributed by atoms with E-state index in [1.807, 2.05) is 30.5 Å². The standard InChI is InChI=1S/C21H19N5O3/c1-21(15-6-3-2-4-7-15)19(28)25(20(29)24-21)14-18(27)23-16-8-10-17(11-9-16)26-13-5-12-22-26/h2-13H,14H2,1H3,(H,23,27)(H,24,29). The Bertz CT molecular complexity index is 1050. The molecule has 0 spiro atoms. The first kappa shape index (κ1) is 18.4. The van der Waals surface area contributed by atoms with E-state index < -0.39 is 23.4 Å². The Morgan fingerprint density at radius 2 is 1.79 bits per heavy atom. The highest BCUT2D eigenvalue weighted by Gasteiger charge is 2.49. The molecular formula is C21H19N5O3. The van der Waals surface area contributed by atoms with E-state index in [0.717, 1.165) is 10.6 Å². The molecule has 1 aliphatic heterocycles. The van der Waals surface area contributed by atoms with Gasteiger partial charge in [0.25, 0.3) is 5.91 Å². The Balaban J connectivity index is 1.43. The summed E-state index contributed by atoms with van der Waals surface area (Å²) in [5.74, 6) is -0.921. The van der Waals surface area contributed by atoms with Crippen molar-refractivity contribution in [2.75, 3.05) is 11.9 Å². The zero-order chi connectivity index (χ0) is 20.4. The second kappa shape index (κ2) is 7.23.